The Morgan fingerprint density at radius 1 is 1.43 bits per heavy atom. The number of nitrogens with one attached hydrogen (secondary N) is 2. The van der Waals surface area contributed by atoms with Crippen molar-refractivity contribution in [3.05, 3.63) is 47.3 Å². The van der Waals surface area contributed by atoms with Gasteiger partial charge in [0.15, 0.2) is 0 Å². The van der Waals surface area contributed by atoms with E-state index in [1.54, 1.807) is 4.68 Å². The Labute approximate surface area is 165 Å². The zero-order chi connectivity index (χ0) is 19.5. The number of hydrogen-bond donors (Lipinski definition) is 2. The van der Waals surface area contributed by atoms with Crippen LogP contribution in [0, 0.1) is 12.8 Å². The highest BCUT2D eigenvalue weighted by molar-refractivity contribution is 5.80. The van der Waals surface area contributed by atoms with Gasteiger partial charge in [0, 0.05) is 50.8 Å². The van der Waals surface area contributed by atoms with Crippen LogP contribution in [0.15, 0.2) is 30.6 Å². The van der Waals surface area contributed by atoms with E-state index in [0.29, 0.717) is 19.7 Å². The van der Waals surface area contributed by atoms with Crippen LogP contribution < -0.4 is 15.4 Å². The molecular formula is C21H28N4O3. The molecule has 3 atom stereocenters. The Balaban J connectivity index is 1.41. The Hall–Kier alpha value is -2.38. The van der Waals surface area contributed by atoms with Crippen LogP contribution in [0.25, 0.3) is 0 Å². The zero-order valence-corrected chi connectivity index (χ0v) is 16.5. The van der Waals surface area contributed by atoms with Crippen molar-refractivity contribution in [3.63, 3.8) is 0 Å². The molecule has 0 spiro atoms. The van der Waals surface area contributed by atoms with E-state index in [1.807, 2.05) is 38.5 Å². The predicted octanol–water partition coefficient (Wildman–Crippen LogP) is 1.52. The number of aromatic nitrogens is 2. The molecule has 2 fully saturated rings. The molecule has 2 N–H and O–H groups in total. The summed E-state index contributed by atoms with van der Waals surface area (Å²) < 4.78 is 13.3. The normalized spacial score (nSPS) is 24.4. The summed E-state index contributed by atoms with van der Waals surface area (Å²) in [5.41, 5.74) is 3.24. The summed E-state index contributed by atoms with van der Waals surface area (Å²) in [5, 5.41) is 10.7. The highest BCUT2D eigenvalue weighted by atomic mass is 16.5. The quantitative estimate of drug-likeness (QED) is 0.790. The summed E-state index contributed by atoms with van der Waals surface area (Å²) >= 11 is 0. The van der Waals surface area contributed by atoms with Crippen molar-refractivity contribution < 1.29 is 14.3 Å². The second kappa shape index (κ2) is 8.32. The predicted molar refractivity (Wildman–Crippen MR) is 105 cm³/mol. The number of nitrogens with zero attached hydrogens (tertiary/aromatic N) is 2. The van der Waals surface area contributed by atoms with E-state index in [4.69, 9.17) is 9.47 Å². The lowest BCUT2D eigenvalue weighted by atomic mass is 9.90. The Morgan fingerprint density at radius 3 is 3.07 bits per heavy atom. The van der Waals surface area contributed by atoms with Crippen LogP contribution in [0.2, 0.25) is 0 Å². The molecule has 0 radical (unpaired) electrons. The van der Waals surface area contributed by atoms with Crippen LogP contribution >= 0.6 is 0 Å². The van der Waals surface area contributed by atoms with Gasteiger partial charge in [-0.25, -0.2) is 0 Å². The molecule has 0 aliphatic carbocycles. The Bertz CT molecular complexity index is 829. The molecule has 2 aliphatic heterocycles. The van der Waals surface area contributed by atoms with Gasteiger partial charge in [0.2, 0.25) is 5.91 Å². The van der Waals surface area contributed by atoms with Crippen molar-refractivity contribution in [2.24, 2.45) is 13.0 Å². The van der Waals surface area contributed by atoms with E-state index < -0.39 is 0 Å². The van der Waals surface area contributed by atoms with Crippen LogP contribution in [0.5, 0.6) is 5.75 Å². The van der Waals surface area contributed by atoms with Crippen LogP contribution in [-0.4, -0.2) is 48.1 Å². The van der Waals surface area contributed by atoms with Gasteiger partial charge in [0.25, 0.3) is 0 Å². The summed E-state index contributed by atoms with van der Waals surface area (Å²) in [6.07, 6.45) is 4.84. The van der Waals surface area contributed by atoms with Crippen molar-refractivity contribution in [1.82, 2.24) is 20.4 Å². The largest absolute Gasteiger partial charge is 0.488 e. The van der Waals surface area contributed by atoms with Gasteiger partial charge in [-0.1, -0.05) is 12.1 Å². The molecule has 2 saturated heterocycles. The Kier molecular flexibility index (Phi) is 5.64. The molecule has 7 nitrogen and oxygen atoms in total. The minimum atomic E-state index is -0.0951. The van der Waals surface area contributed by atoms with Crippen LogP contribution in [0.3, 0.4) is 0 Å². The molecule has 3 heterocycles. The number of aryl methyl sites for hydroxylation is 2. The van der Waals surface area contributed by atoms with Crippen LogP contribution in [0.1, 0.15) is 29.0 Å². The second-order valence-electron chi connectivity index (χ2n) is 7.75. The van der Waals surface area contributed by atoms with Gasteiger partial charge in [-0.3, -0.25) is 9.48 Å². The van der Waals surface area contributed by atoms with Gasteiger partial charge < -0.3 is 20.1 Å². The molecule has 4 rings (SSSR count). The third-order valence-corrected chi connectivity index (χ3v) is 5.56. The summed E-state index contributed by atoms with van der Waals surface area (Å²) in [6, 6.07) is 6.12. The maximum Gasteiger partial charge on any atom is 0.225 e. The molecule has 7 heteroatoms. The number of carbonyl (C=O) groups is 1. The van der Waals surface area contributed by atoms with Gasteiger partial charge in [0.1, 0.15) is 11.9 Å². The van der Waals surface area contributed by atoms with E-state index in [-0.39, 0.29) is 23.8 Å². The highest BCUT2D eigenvalue weighted by Gasteiger charge is 2.34. The molecule has 0 saturated carbocycles. The number of ether oxygens (including phenoxy) is 2. The van der Waals surface area contributed by atoms with Crippen LogP contribution in [-0.2, 0) is 23.1 Å². The zero-order valence-electron chi connectivity index (χ0n) is 16.5. The second-order valence-corrected chi connectivity index (χ2v) is 7.75. The number of amides is 1. The molecule has 1 unspecified atom stereocenters. The standard InChI is InChI=1S/C21H28N4O3/c1-14-3-4-15(20(7-14)28-17-5-6-27-13-17)8-23-21(26)19-11-22-10-18(19)16-9-24-25(2)12-16/h3-4,7,9,12,17-19,22H,5-6,8,10-11,13H2,1-2H3,(H,23,26)/t17?,18-,19+/m1/s1. The molecule has 2 aromatic rings. The van der Waals surface area contributed by atoms with Crippen molar-refractivity contribution in [1.29, 1.82) is 0 Å². The van der Waals surface area contributed by atoms with Crippen molar-refractivity contribution in [2.45, 2.75) is 31.9 Å². The average Bonchev–Trinajstić information content (AvgIpc) is 3.42. The number of rotatable bonds is 6. The minimum absolute atomic E-state index is 0.0644. The van der Waals surface area contributed by atoms with Crippen molar-refractivity contribution in [3.8, 4) is 5.75 Å². The van der Waals surface area contributed by atoms with E-state index in [9.17, 15) is 4.79 Å². The lowest BCUT2D eigenvalue weighted by Gasteiger charge is -2.19. The molecule has 150 valence electrons. The smallest absolute Gasteiger partial charge is 0.225 e. The first kappa shape index (κ1) is 19.0. The first-order valence-corrected chi connectivity index (χ1v) is 9.91. The Morgan fingerprint density at radius 2 is 2.32 bits per heavy atom. The van der Waals surface area contributed by atoms with E-state index in [1.165, 1.54) is 0 Å². The third kappa shape index (κ3) is 4.20. The third-order valence-electron chi connectivity index (χ3n) is 5.56. The van der Waals surface area contributed by atoms with Gasteiger partial charge >= 0.3 is 0 Å². The fourth-order valence-corrected chi connectivity index (χ4v) is 3.95. The van der Waals surface area contributed by atoms with Gasteiger partial charge in [-0.05, 0) is 24.1 Å². The molecule has 28 heavy (non-hydrogen) atoms. The van der Waals surface area contributed by atoms with Crippen molar-refractivity contribution >= 4 is 5.91 Å². The fraction of sp³-hybridized carbons (Fsp3) is 0.524. The average molecular weight is 384 g/mol. The molecule has 1 aromatic carbocycles. The molecule has 0 bridgehead atoms. The first-order valence-electron chi connectivity index (χ1n) is 9.91. The highest BCUT2D eigenvalue weighted by Crippen LogP contribution is 2.28. The summed E-state index contributed by atoms with van der Waals surface area (Å²) in [4.78, 5) is 12.9. The van der Waals surface area contributed by atoms with Gasteiger partial charge in [-0.2, -0.15) is 5.10 Å². The lowest BCUT2D eigenvalue weighted by Crippen LogP contribution is -2.34. The maximum atomic E-state index is 12.9. The van der Waals surface area contributed by atoms with E-state index in [2.05, 4.69) is 21.8 Å². The van der Waals surface area contributed by atoms with Gasteiger partial charge in [0.05, 0.1) is 25.3 Å². The SMILES string of the molecule is Cc1ccc(CNC(=O)[C@H]2CNC[C@@H]2c2cnn(C)c2)c(OC2CCOC2)c1. The monoisotopic (exact) mass is 384 g/mol. The molecule has 1 aromatic heterocycles. The van der Waals surface area contributed by atoms with E-state index >= 15 is 0 Å². The lowest BCUT2D eigenvalue weighted by molar-refractivity contribution is -0.125. The van der Waals surface area contributed by atoms with Crippen molar-refractivity contribution in [2.75, 3.05) is 26.3 Å². The first-order chi connectivity index (χ1) is 13.6. The summed E-state index contributed by atoms with van der Waals surface area (Å²) in [5.74, 6) is 0.957. The molecule has 2 aliphatic rings. The summed E-state index contributed by atoms with van der Waals surface area (Å²) in [6.45, 7) is 5.35. The number of benzene rings is 1. The molecular weight excluding hydrogens is 356 g/mol. The minimum Gasteiger partial charge on any atom is -0.488 e. The van der Waals surface area contributed by atoms with Gasteiger partial charge in [-0.15, -0.1) is 0 Å². The summed E-state index contributed by atoms with van der Waals surface area (Å²) in [7, 11) is 1.90. The molecule has 1 amide bonds. The topological polar surface area (TPSA) is 77.4 Å². The fourth-order valence-electron chi connectivity index (χ4n) is 3.95. The number of carbonyl (C=O) groups excluding carboxylic acids is 1. The maximum absolute atomic E-state index is 12.9. The number of hydrogen-bond acceptors (Lipinski definition) is 5. The van der Waals surface area contributed by atoms with Crippen LogP contribution in [0.4, 0.5) is 0 Å². The van der Waals surface area contributed by atoms with E-state index in [0.717, 1.165) is 42.0 Å².